The minimum Gasteiger partial charge on any atom is -0.362 e. The van der Waals surface area contributed by atoms with E-state index >= 15 is 0 Å². The first-order chi connectivity index (χ1) is 4.01. The van der Waals surface area contributed by atoms with Crippen molar-refractivity contribution in [3.63, 3.8) is 0 Å². The van der Waals surface area contributed by atoms with Crippen molar-refractivity contribution < 1.29 is 4.74 Å². The van der Waals surface area contributed by atoms with E-state index in [2.05, 4.69) is 43.4 Å². The molecular weight excluding hydrogens is 227 g/mol. The Kier molecular flexibility index (Phi) is 2.06. The van der Waals surface area contributed by atoms with E-state index in [0.29, 0.717) is 6.10 Å². The first-order valence-corrected chi connectivity index (χ1v) is 4.46. The molecule has 1 aliphatic rings. The second kappa shape index (κ2) is 2.38. The summed E-state index contributed by atoms with van der Waals surface area (Å²) in [5, 5.41) is 0. The highest BCUT2D eigenvalue weighted by Crippen LogP contribution is 2.38. The summed E-state index contributed by atoms with van der Waals surface area (Å²) in [6.07, 6.45) is 1.64. The lowest BCUT2D eigenvalue weighted by Crippen LogP contribution is -2.13. The summed E-state index contributed by atoms with van der Waals surface area (Å²) < 4.78 is 5.76. The Morgan fingerprint density at radius 1 is 1.56 bits per heavy atom. The number of hydrogen-bond acceptors (Lipinski definition) is 1. The normalized spacial score (nSPS) is 52.0. The van der Waals surface area contributed by atoms with Crippen molar-refractivity contribution in [2.75, 3.05) is 0 Å². The van der Waals surface area contributed by atoms with Gasteiger partial charge in [-0.05, 0) is 48.8 Å². The molecule has 0 radical (unpaired) electrons. The molecule has 0 saturated carbocycles. The van der Waals surface area contributed by atoms with E-state index in [1.54, 1.807) is 0 Å². The Bertz CT molecular complexity index is 99.5. The summed E-state index contributed by atoms with van der Waals surface area (Å²) >= 11 is 2.37. The van der Waals surface area contributed by atoms with Gasteiger partial charge < -0.3 is 4.74 Å². The van der Waals surface area contributed by atoms with Crippen molar-refractivity contribution in [3.8, 4) is 0 Å². The van der Waals surface area contributed by atoms with E-state index < -0.39 is 0 Å². The fourth-order valence-electron chi connectivity index (χ4n) is 1.29. The number of ether oxygens (including phenoxy) is 1. The van der Waals surface area contributed by atoms with Crippen molar-refractivity contribution in [1.29, 1.82) is 0 Å². The van der Waals surface area contributed by atoms with Crippen LogP contribution in [0.5, 0.6) is 0 Å². The topological polar surface area (TPSA) is 9.23 Å². The summed E-state index contributed by atoms with van der Waals surface area (Å²) in [5.41, 5.74) is 0. The van der Waals surface area contributed by atoms with Gasteiger partial charge in [0.2, 0.25) is 0 Å². The van der Waals surface area contributed by atoms with Gasteiger partial charge in [0.1, 0.15) is 3.61 Å². The van der Waals surface area contributed by atoms with Gasteiger partial charge in [0.15, 0.2) is 0 Å². The fraction of sp³-hybridized carbons (Fsp3) is 1.00. The maximum atomic E-state index is 5.65. The molecule has 9 heavy (non-hydrogen) atoms. The van der Waals surface area contributed by atoms with Crippen LogP contribution in [0.25, 0.3) is 0 Å². The molecular formula is C7H13IO. The van der Waals surface area contributed by atoms with Crippen LogP contribution < -0.4 is 0 Å². The molecule has 0 N–H and O–H groups in total. The van der Waals surface area contributed by atoms with Crippen LogP contribution >= 0.6 is 22.6 Å². The molecule has 3 unspecified atom stereocenters. The highest BCUT2D eigenvalue weighted by atomic mass is 127. The quantitative estimate of drug-likeness (QED) is 0.467. The second-order valence-corrected chi connectivity index (χ2v) is 5.39. The van der Waals surface area contributed by atoms with Crippen molar-refractivity contribution in [2.45, 2.75) is 36.9 Å². The van der Waals surface area contributed by atoms with E-state index in [1.807, 2.05) is 0 Å². The highest BCUT2D eigenvalue weighted by molar-refractivity contribution is 14.1. The van der Waals surface area contributed by atoms with E-state index in [0.717, 1.165) is 5.92 Å². The van der Waals surface area contributed by atoms with Crippen LogP contribution in [-0.2, 0) is 4.74 Å². The SMILES string of the molecule is CC1CC(C)(I)OC1C. The molecule has 2 heteroatoms. The van der Waals surface area contributed by atoms with Crippen molar-refractivity contribution in [2.24, 2.45) is 5.92 Å². The standard InChI is InChI=1S/C7H13IO/c1-5-4-7(3,8)9-6(5)2/h5-6H,4H2,1-3H3. The van der Waals surface area contributed by atoms with Crippen molar-refractivity contribution in [3.05, 3.63) is 0 Å². The largest absolute Gasteiger partial charge is 0.362 e. The van der Waals surface area contributed by atoms with Gasteiger partial charge in [0, 0.05) is 0 Å². The van der Waals surface area contributed by atoms with Gasteiger partial charge in [0.25, 0.3) is 0 Å². The molecule has 1 heterocycles. The molecule has 0 aliphatic carbocycles. The van der Waals surface area contributed by atoms with Crippen LogP contribution in [0.2, 0.25) is 0 Å². The Balaban J connectivity index is 2.54. The molecule has 0 aromatic rings. The van der Waals surface area contributed by atoms with Crippen molar-refractivity contribution >= 4 is 22.6 Å². The molecule has 0 aromatic carbocycles. The van der Waals surface area contributed by atoms with Gasteiger partial charge in [0.05, 0.1) is 6.10 Å². The molecule has 1 aliphatic heterocycles. The van der Waals surface area contributed by atoms with Gasteiger partial charge in [-0.2, -0.15) is 0 Å². The lowest BCUT2D eigenvalue weighted by molar-refractivity contribution is 0.0475. The molecule has 1 nitrogen and oxygen atoms in total. The molecule has 0 bridgehead atoms. The van der Waals surface area contributed by atoms with E-state index in [1.165, 1.54) is 6.42 Å². The van der Waals surface area contributed by atoms with Crippen molar-refractivity contribution in [1.82, 2.24) is 0 Å². The lowest BCUT2D eigenvalue weighted by Gasteiger charge is -2.14. The van der Waals surface area contributed by atoms with Crippen LogP contribution in [0.3, 0.4) is 0 Å². The zero-order valence-corrected chi connectivity index (χ0v) is 8.31. The molecule has 54 valence electrons. The van der Waals surface area contributed by atoms with Crippen LogP contribution in [0.4, 0.5) is 0 Å². The monoisotopic (exact) mass is 240 g/mol. The number of rotatable bonds is 0. The van der Waals surface area contributed by atoms with Gasteiger partial charge in [-0.3, -0.25) is 0 Å². The first-order valence-electron chi connectivity index (χ1n) is 3.38. The summed E-state index contributed by atoms with van der Waals surface area (Å²) in [6, 6.07) is 0. The molecule has 0 spiro atoms. The fourth-order valence-corrected chi connectivity index (χ4v) is 2.39. The third-order valence-corrected chi connectivity index (χ3v) is 2.61. The van der Waals surface area contributed by atoms with E-state index in [-0.39, 0.29) is 3.61 Å². The second-order valence-electron chi connectivity index (χ2n) is 3.11. The van der Waals surface area contributed by atoms with E-state index in [9.17, 15) is 0 Å². The molecule has 3 atom stereocenters. The maximum absolute atomic E-state index is 5.65. The van der Waals surface area contributed by atoms with Crippen LogP contribution in [-0.4, -0.2) is 9.71 Å². The Hall–Kier alpha value is 0.690. The average Bonchev–Trinajstić information content (AvgIpc) is 1.79. The minimum atomic E-state index is 0.108. The van der Waals surface area contributed by atoms with Crippen LogP contribution in [0, 0.1) is 5.92 Å². The summed E-state index contributed by atoms with van der Waals surface area (Å²) in [7, 11) is 0. The van der Waals surface area contributed by atoms with Gasteiger partial charge in [-0.25, -0.2) is 0 Å². The molecule has 0 amide bonds. The lowest BCUT2D eigenvalue weighted by atomic mass is 10.0. The predicted octanol–water partition coefficient (Wildman–Crippen LogP) is 2.58. The van der Waals surface area contributed by atoms with Gasteiger partial charge >= 0.3 is 0 Å². The maximum Gasteiger partial charge on any atom is 0.117 e. The number of hydrogen-bond donors (Lipinski definition) is 0. The smallest absolute Gasteiger partial charge is 0.117 e. The summed E-state index contributed by atoms with van der Waals surface area (Å²) in [4.78, 5) is 0. The highest BCUT2D eigenvalue weighted by Gasteiger charge is 2.36. The van der Waals surface area contributed by atoms with Gasteiger partial charge in [-0.15, -0.1) is 0 Å². The molecule has 1 rings (SSSR count). The third kappa shape index (κ3) is 1.80. The first kappa shape index (κ1) is 7.79. The summed E-state index contributed by atoms with van der Waals surface area (Å²) in [5.74, 6) is 0.729. The predicted molar refractivity (Wildman–Crippen MR) is 46.8 cm³/mol. The summed E-state index contributed by atoms with van der Waals surface area (Å²) in [6.45, 7) is 6.54. The Labute approximate surface area is 70.3 Å². The van der Waals surface area contributed by atoms with Gasteiger partial charge in [-0.1, -0.05) is 6.92 Å². The molecule has 1 fully saturated rings. The Morgan fingerprint density at radius 3 is 2.22 bits per heavy atom. The average molecular weight is 240 g/mol. The Morgan fingerprint density at radius 2 is 2.11 bits per heavy atom. The van der Waals surface area contributed by atoms with Crippen LogP contribution in [0.15, 0.2) is 0 Å². The number of alkyl halides is 1. The number of halogens is 1. The van der Waals surface area contributed by atoms with E-state index in [4.69, 9.17) is 4.74 Å². The molecule has 1 saturated heterocycles. The minimum absolute atomic E-state index is 0.108. The zero-order chi connectivity index (χ0) is 7.07. The third-order valence-electron chi connectivity index (χ3n) is 1.92. The molecule has 0 aromatic heterocycles. The van der Waals surface area contributed by atoms with Crippen LogP contribution in [0.1, 0.15) is 27.2 Å². The zero-order valence-electron chi connectivity index (χ0n) is 6.15.